The molecule has 184 valence electrons. The van der Waals surface area contributed by atoms with Gasteiger partial charge in [0.05, 0.1) is 26.4 Å². The number of carbonyl (C=O) groups is 2. The van der Waals surface area contributed by atoms with Gasteiger partial charge in [0.15, 0.2) is 5.79 Å². The molecule has 6 nitrogen and oxygen atoms in total. The molecule has 1 saturated carbocycles. The van der Waals surface area contributed by atoms with Gasteiger partial charge in [0.25, 0.3) is 0 Å². The van der Waals surface area contributed by atoms with Gasteiger partial charge in [0.2, 0.25) is 0 Å². The van der Waals surface area contributed by atoms with Crippen molar-refractivity contribution in [2.24, 2.45) is 23.7 Å². The van der Waals surface area contributed by atoms with E-state index in [1.165, 1.54) is 7.11 Å². The topological polar surface area (TPSA) is 71.1 Å². The standard InChI is InChI=1S/C25H43O6P/c1-5-6-10-19(3)25(29-14-15-30-25)13-12-21-20(22(26)17-23(21)31-32)11-8-7-9-18(2)16-24(27)28-4/h7-8,18-21,23H,5-6,9-17,32H2,1-4H3/b8-7+. The van der Waals surface area contributed by atoms with Crippen LogP contribution in [0.1, 0.15) is 78.6 Å². The SMILES string of the molecule is CCCCC(C)C1(CCC2C(OP)CC(=O)C2C/C=C/CC(C)CC(=O)OC)OCCO1. The monoisotopic (exact) mass is 470 g/mol. The third-order valence-electron chi connectivity index (χ3n) is 7.17. The van der Waals surface area contributed by atoms with Crippen molar-refractivity contribution in [2.75, 3.05) is 20.3 Å². The maximum absolute atomic E-state index is 12.8. The fraction of sp³-hybridized carbons (Fsp3) is 0.840. The molecule has 32 heavy (non-hydrogen) atoms. The van der Waals surface area contributed by atoms with Crippen molar-refractivity contribution < 1.29 is 28.3 Å². The second-order valence-corrected chi connectivity index (χ2v) is 9.81. The zero-order valence-electron chi connectivity index (χ0n) is 20.3. The number of allylic oxidation sites excluding steroid dienone is 2. The maximum atomic E-state index is 12.8. The summed E-state index contributed by atoms with van der Waals surface area (Å²) in [6.07, 6.45) is 11.5. The van der Waals surface area contributed by atoms with Gasteiger partial charge in [0.1, 0.15) is 5.78 Å². The Bertz CT molecular complexity index is 616. The van der Waals surface area contributed by atoms with E-state index >= 15 is 0 Å². The van der Waals surface area contributed by atoms with Crippen LogP contribution in [0, 0.1) is 23.7 Å². The molecule has 2 fully saturated rings. The van der Waals surface area contributed by atoms with Crippen molar-refractivity contribution >= 4 is 21.2 Å². The fourth-order valence-electron chi connectivity index (χ4n) is 5.11. The highest BCUT2D eigenvalue weighted by atomic mass is 31.0. The largest absolute Gasteiger partial charge is 0.469 e. The molecule has 1 heterocycles. The quantitative estimate of drug-likeness (QED) is 0.196. The fourth-order valence-corrected chi connectivity index (χ4v) is 5.41. The van der Waals surface area contributed by atoms with Crippen molar-refractivity contribution in [1.82, 2.24) is 0 Å². The number of ketones is 1. The smallest absolute Gasteiger partial charge is 0.305 e. The van der Waals surface area contributed by atoms with Crippen LogP contribution in [0.2, 0.25) is 0 Å². The van der Waals surface area contributed by atoms with E-state index in [2.05, 4.69) is 35.5 Å². The van der Waals surface area contributed by atoms with Gasteiger partial charge >= 0.3 is 5.97 Å². The molecule has 0 aromatic heterocycles. The van der Waals surface area contributed by atoms with E-state index in [4.69, 9.17) is 18.7 Å². The summed E-state index contributed by atoms with van der Waals surface area (Å²) >= 11 is 0. The van der Waals surface area contributed by atoms with E-state index in [9.17, 15) is 9.59 Å². The van der Waals surface area contributed by atoms with Crippen LogP contribution < -0.4 is 0 Å². The Hall–Kier alpha value is -0.810. The lowest BCUT2D eigenvalue weighted by molar-refractivity contribution is -0.201. The number of hydrogen-bond donors (Lipinski definition) is 0. The number of esters is 1. The number of unbranched alkanes of at least 4 members (excludes halogenated alkanes) is 1. The first kappa shape index (κ1) is 27.4. The van der Waals surface area contributed by atoms with Gasteiger partial charge < -0.3 is 18.7 Å². The second kappa shape index (κ2) is 13.8. The molecule has 0 amide bonds. The first-order valence-electron chi connectivity index (χ1n) is 12.2. The van der Waals surface area contributed by atoms with Crippen LogP contribution in [-0.2, 0) is 28.3 Å². The lowest BCUT2D eigenvalue weighted by Gasteiger charge is -2.35. The van der Waals surface area contributed by atoms with E-state index in [-0.39, 0.29) is 35.6 Å². The molecule has 0 radical (unpaired) electrons. The molecule has 0 spiro atoms. The van der Waals surface area contributed by atoms with Crippen LogP contribution in [0.4, 0.5) is 0 Å². The lowest BCUT2D eigenvalue weighted by atomic mass is 9.83. The zero-order chi connectivity index (χ0) is 23.6. The molecular formula is C25H43O6P. The number of methoxy groups -OCH3 is 1. The van der Waals surface area contributed by atoms with Gasteiger partial charge in [-0.05, 0) is 37.5 Å². The van der Waals surface area contributed by atoms with Crippen LogP contribution in [-0.4, -0.2) is 44.0 Å². The second-order valence-electron chi connectivity index (χ2n) is 9.53. The van der Waals surface area contributed by atoms with E-state index in [0.717, 1.165) is 38.5 Å². The Kier molecular flexibility index (Phi) is 11.8. The zero-order valence-corrected chi connectivity index (χ0v) is 21.5. The molecule has 1 aliphatic carbocycles. The summed E-state index contributed by atoms with van der Waals surface area (Å²) in [6, 6.07) is 0. The van der Waals surface area contributed by atoms with Crippen LogP contribution in [0.3, 0.4) is 0 Å². The summed E-state index contributed by atoms with van der Waals surface area (Å²) in [6.45, 7) is 7.73. The Labute approximate surface area is 196 Å². The van der Waals surface area contributed by atoms with Gasteiger partial charge in [-0.25, -0.2) is 0 Å². The first-order chi connectivity index (χ1) is 15.4. The molecule has 0 N–H and O–H groups in total. The molecule has 1 saturated heterocycles. The molecule has 0 bridgehead atoms. The van der Waals surface area contributed by atoms with Crippen molar-refractivity contribution in [2.45, 2.75) is 90.4 Å². The van der Waals surface area contributed by atoms with Crippen molar-refractivity contribution in [3.8, 4) is 0 Å². The number of hydrogen-bond acceptors (Lipinski definition) is 6. The highest BCUT2D eigenvalue weighted by molar-refractivity contribution is 7.09. The predicted octanol–water partition coefficient (Wildman–Crippen LogP) is 5.25. The molecule has 6 atom stereocenters. The number of carbonyl (C=O) groups excluding carboxylic acids is 2. The summed E-state index contributed by atoms with van der Waals surface area (Å²) < 4.78 is 22.7. The molecule has 2 rings (SSSR count). The van der Waals surface area contributed by atoms with Crippen molar-refractivity contribution in [1.29, 1.82) is 0 Å². The maximum Gasteiger partial charge on any atom is 0.305 e. The molecular weight excluding hydrogens is 427 g/mol. The molecule has 7 heteroatoms. The van der Waals surface area contributed by atoms with E-state index in [1.807, 2.05) is 6.92 Å². The van der Waals surface area contributed by atoms with Crippen LogP contribution in [0.5, 0.6) is 0 Å². The first-order valence-corrected chi connectivity index (χ1v) is 12.7. The van der Waals surface area contributed by atoms with Gasteiger partial charge in [-0.3, -0.25) is 9.59 Å². The highest BCUT2D eigenvalue weighted by Crippen LogP contribution is 2.43. The van der Waals surface area contributed by atoms with Crippen molar-refractivity contribution in [3.05, 3.63) is 12.2 Å². The van der Waals surface area contributed by atoms with Gasteiger partial charge in [0, 0.05) is 40.6 Å². The minimum atomic E-state index is -0.532. The van der Waals surface area contributed by atoms with Crippen LogP contribution in [0.25, 0.3) is 0 Å². The molecule has 0 aromatic rings. The molecule has 6 unspecified atom stereocenters. The third-order valence-corrected chi connectivity index (χ3v) is 7.52. The minimum Gasteiger partial charge on any atom is -0.469 e. The average molecular weight is 471 g/mol. The molecule has 1 aliphatic heterocycles. The molecule has 0 aromatic carbocycles. The summed E-state index contributed by atoms with van der Waals surface area (Å²) in [5, 5.41) is 0. The highest BCUT2D eigenvalue weighted by Gasteiger charge is 2.46. The van der Waals surface area contributed by atoms with Gasteiger partial charge in [-0.15, -0.1) is 0 Å². The third kappa shape index (κ3) is 7.62. The Morgan fingerprint density at radius 1 is 1.28 bits per heavy atom. The van der Waals surface area contributed by atoms with Crippen molar-refractivity contribution in [3.63, 3.8) is 0 Å². The van der Waals surface area contributed by atoms with E-state index in [1.54, 1.807) is 0 Å². The van der Waals surface area contributed by atoms with Gasteiger partial charge in [-0.2, -0.15) is 0 Å². The number of ether oxygens (including phenoxy) is 3. The lowest BCUT2D eigenvalue weighted by Crippen LogP contribution is -2.39. The van der Waals surface area contributed by atoms with E-state index in [0.29, 0.717) is 38.4 Å². The Morgan fingerprint density at radius 3 is 2.62 bits per heavy atom. The Morgan fingerprint density at radius 2 is 2.00 bits per heavy atom. The summed E-state index contributed by atoms with van der Waals surface area (Å²) in [4.78, 5) is 24.2. The van der Waals surface area contributed by atoms with E-state index < -0.39 is 5.79 Å². The minimum absolute atomic E-state index is 0.0443. The summed E-state index contributed by atoms with van der Waals surface area (Å²) in [5.41, 5.74) is 0. The normalized spacial score (nSPS) is 27.2. The summed E-state index contributed by atoms with van der Waals surface area (Å²) in [7, 11) is 3.77. The van der Waals surface area contributed by atoms with Crippen LogP contribution in [0.15, 0.2) is 12.2 Å². The molecule has 2 aliphatic rings. The number of Topliss-reactive ketones (excluding diaryl/α,β-unsaturated/α-hetero) is 1. The van der Waals surface area contributed by atoms with Gasteiger partial charge in [-0.1, -0.05) is 45.8 Å². The summed E-state index contributed by atoms with van der Waals surface area (Å²) in [5.74, 6) is 0.213. The number of rotatable bonds is 14. The Balaban J connectivity index is 1.96. The average Bonchev–Trinajstić information content (AvgIpc) is 3.38. The predicted molar refractivity (Wildman–Crippen MR) is 128 cm³/mol. The van der Waals surface area contributed by atoms with Crippen LogP contribution >= 0.6 is 9.47 Å².